The van der Waals surface area contributed by atoms with Gasteiger partial charge in [-0.2, -0.15) is 0 Å². The Labute approximate surface area is 112 Å². The van der Waals surface area contributed by atoms with Crippen molar-refractivity contribution in [3.05, 3.63) is 0 Å². The first-order valence-electron chi connectivity index (χ1n) is 7.61. The van der Waals surface area contributed by atoms with Gasteiger partial charge in [0.05, 0.1) is 13.2 Å². The maximum Gasteiger partial charge on any atom is 0.0594 e. The van der Waals surface area contributed by atoms with Crippen LogP contribution in [0.4, 0.5) is 0 Å². The Morgan fingerprint density at radius 2 is 1.89 bits per heavy atom. The Kier molecular flexibility index (Phi) is 6.41. The molecule has 2 fully saturated rings. The van der Waals surface area contributed by atoms with Gasteiger partial charge in [0.2, 0.25) is 0 Å². The van der Waals surface area contributed by atoms with Gasteiger partial charge >= 0.3 is 0 Å². The van der Waals surface area contributed by atoms with Gasteiger partial charge in [-0.3, -0.25) is 4.90 Å². The Morgan fingerprint density at radius 3 is 2.67 bits per heavy atom. The minimum Gasteiger partial charge on any atom is -0.379 e. The molecule has 1 atom stereocenters. The van der Waals surface area contributed by atoms with E-state index in [1.165, 1.54) is 45.6 Å². The highest BCUT2D eigenvalue weighted by Crippen LogP contribution is 2.15. The van der Waals surface area contributed by atoms with Crippen LogP contribution in [0.15, 0.2) is 0 Å². The predicted molar refractivity (Wildman–Crippen MR) is 75.0 cm³/mol. The van der Waals surface area contributed by atoms with E-state index in [2.05, 4.69) is 22.0 Å². The molecule has 2 saturated heterocycles. The number of nitrogens with one attached hydrogen (secondary N) is 1. The molecule has 1 N–H and O–H groups in total. The molecule has 0 saturated carbocycles. The van der Waals surface area contributed by atoms with Crippen LogP contribution in [0, 0.1) is 5.92 Å². The quantitative estimate of drug-likeness (QED) is 0.722. The van der Waals surface area contributed by atoms with Crippen molar-refractivity contribution in [2.75, 3.05) is 65.6 Å². The number of rotatable bonds is 7. The van der Waals surface area contributed by atoms with Crippen LogP contribution in [0.25, 0.3) is 0 Å². The minimum absolute atomic E-state index is 0.883. The molecule has 0 aliphatic carbocycles. The largest absolute Gasteiger partial charge is 0.379 e. The Morgan fingerprint density at radius 1 is 1.11 bits per heavy atom. The molecule has 2 rings (SSSR count). The van der Waals surface area contributed by atoms with E-state index in [0.717, 1.165) is 38.8 Å². The first-order valence-corrected chi connectivity index (χ1v) is 7.61. The van der Waals surface area contributed by atoms with Crippen molar-refractivity contribution in [3.63, 3.8) is 0 Å². The smallest absolute Gasteiger partial charge is 0.0594 e. The van der Waals surface area contributed by atoms with Crippen molar-refractivity contribution < 1.29 is 4.74 Å². The average molecular weight is 255 g/mol. The maximum atomic E-state index is 5.37. The van der Waals surface area contributed by atoms with Crippen molar-refractivity contribution in [2.45, 2.75) is 19.8 Å². The zero-order valence-corrected chi connectivity index (χ0v) is 11.9. The van der Waals surface area contributed by atoms with Crippen molar-refractivity contribution >= 4 is 0 Å². The molecule has 4 heteroatoms. The van der Waals surface area contributed by atoms with Crippen LogP contribution in [0.1, 0.15) is 19.8 Å². The van der Waals surface area contributed by atoms with Crippen LogP contribution in [-0.4, -0.2) is 75.4 Å². The zero-order chi connectivity index (χ0) is 12.6. The summed E-state index contributed by atoms with van der Waals surface area (Å²) in [6.07, 6.45) is 2.69. The molecule has 1 unspecified atom stereocenters. The van der Waals surface area contributed by atoms with Crippen LogP contribution < -0.4 is 5.32 Å². The van der Waals surface area contributed by atoms with E-state index in [1.54, 1.807) is 0 Å². The molecule has 0 amide bonds. The van der Waals surface area contributed by atoms with Gasteiger partial charge in [-0.1, -0.05) is 6.92 Å². The lowest BCUT2D eigenvalue weighted by Gasteiger charge is -2.27. The van der Waals surface area contributed by atoms with Gasteiger partial charge in [-0.15, -0.1) is 0 Å². The molecular weight excluding hydrogens is 226 g/mol. The fourth-order valence-corrected chi connectivity index (χ4v) is 2.97. The summed E-state index contributed by atoms with van der Waals surface area (Å²) in [6.45, 7) is 13.7. The molecule has 106 valence electrons. The van der Waals surface area contributed by atoms with Gasteiger partial charge in [0.15, 0.2) is 0 Å². The third kappa shape index (κ3) is 4.84. The van der Waals surface area contributed by atoms with Crippen LogP contribution in [-0.2, 0) is 4.74 Å². The highest BCUT2D eigenvalue weighted by atomic mass is 16.5. The molecule has 2 heterocycles. The van der Waals surface area contributed by atoms with Crippen LogP contribution in [0.2, 0.25) is 0 Å². The Bertz CT molecular complexity index is 219. The van der Waals surface area contributed by atoms with Gasteiger partial charge in [0.25, 0.3) is 0 Å². The van der Waals surface area contributed by atoms with Crippen LogP contribution in [0.5, 0.6) is 0 Å². The summed E-state index contributed by atoms with van der Waals surface area (Å²) in [5.41, 5.74) is 0. The average Bonchev–Trinajstić information content (AvgIpc) is 2.85. The van der Waals surface area contributed by atoms with Gasteiger partial charge in [-0.05, 0) is 51.5 Å². The molecule has 0 radical (unpaired) electrons. The number of likely N-dealkylation sites (tertiary alicyclic amines) is 1. The Hall–Kier alpha value is -0.160. The molecule has 2 aliphatic heterocycles. The standard InChI is InChI=1S/C14H29N3O/c1-2-15-12-14-4-7-17(13-14)6-3-5-16-8-10-18-11-9-16/h14-15H,2-13H2,1H3. The van der Waals surface area contributed by atoms with Crippen molar-refractivity contribution in [1.82, 2.24) is 15.1 Å². The number of ether oxygens (including phenoxy) is 1. The molecule has 0 spiro atoms. The zero-order valence-electron chi connectivity index (χ0n) is 11.9. The lowest BCUT2D eigenvalue weighted by molar-refractivity contribution is 0.0363. The lowest BCUT2D eigenvalue weighted by atomic mass is 10.1. The van der Waals surface area contributed by atoms with Gasteiger partial charge in [0, 0.05) is 19.6 Å². The third-order valence-corrected chi connectivity index (χ3v) is 4.11. The van der Waals surface area contributed by atoms with Crippen molar-refractivity contribution in [2.24, 2.45) is 5.92 Å². The molecule has 0 aromatic rings. The van der Waals surface area contributed by atoms with Crippen molar-refractivity contribution in [1.29, 1.82) is 0 Å². The van der Waals surface area contributed by atoms with Gasteiger partial charge in [-0.25, -0.2) is 0 Å². The minimum atomic E-state index is 0.883. The summed E-state index contributed by atoms with van der Waals surface area (Å²) in [4.78, 5) is 5.18. The first-order chi connectivity index (χ1) is 8.88. The molecule has 18 heavy (non-hydrogen) atoms. The second-order valence-corrected chi connectivity index (χ2v) is 5.57. The van der Waals surface area contributed by atoms with E-state index in [9.17, 15) is 0 Å². The molecular formula is C14H29N3O. The maximum absolute atomic E-state index is 5.37. The molecule has 0 aromatic heterocycles. The number of morpholine rings is 1. The molecule has 0 aromatic carbocycles. The van der Waals surface area contributed by atoms with E-state index in [-0.39, 0.29) is 0 Å². The summed E-state index contributed by atoms with van der Waals surface area (Å²) in [7, 11) is 0. The molecule has 4 nitrogen and oxygen atoms in total. The van der Waals surface area contributed by atoms with E-state index in [0.29, 0.717) is 0 Å². The third-order valence-electron chi connectivity index (χ3n) is 4.11. The van der Waals surface area contributed by atoms with Crippen LogP contribution in [0.3, 0.4) is 0 Å². The lowest BCUT2D eigenvalue weighted by Crippen LogP contribution is -2.38. The van der Waals surface area contributed by atoms with Crippen LogP contribution >= 0.6 is 0 Å². The summed E-state index contributed by atoms with van der Waals surface area (Å²) in [6, 6.07) is 0. The summed E-state index contributed by atoms with van der Waals surface area (Å²) >= 11 is 0. The van der Waals surface area contributed by atoms with Crippen molar-refractivity contribution in [3.8, 4) is 0 Å². The highest BCUT2D eigenvalue weighted by Gasteiger charge is 2.21. The Balaban J connectivity index is 1.52. The fourth-order valence-electron chi connectivity index (χ4n) is 2.97. The number of nitrogens with zero attached hydrogens (tertiary/aromatic N) is 2. The summed E-state index contributed by atoms with van der Waals surface area (Å²) in [5, 5.41) is 3.47. The van der Waals surface area contributed by atoms with Gasteiger partial charge < -0.3 is 15.0 Å². The SMILES string of the molecule is CCNCC1CCN(CCCN2CCOCC2)C1. The molecule has 0 bridgehead atoms. The first kappa shape index (κ1) is 14.3. The van der Waals surface area contributed by atoms with E-state index < -0.39 is 0 Å². The van der Waals surface area contributed by atoms with E-state index >= 15 is 0 Å². The normalized spacial score (nSPS) is 26.8. The van der Waals surface area contributed by atoms with E-state index in [1.807, 2.05) is 0 Å². The fraction of sp³-hybridized carbons (Fsp3) is 1.00. The van der Waals surface area contributed by atoms with E-state index in [4.69, 9.17) is 4.74 Å². The highest BCUT2D eigenvalue weighted by molar-refractivity contribution is 4.77. The second kappa shape index (κ2) is 8.10. The topological polar surface area (TPSA) is 27.7 Å². The predicted octanol–water partition coefficient (Wildman–Crippen LogP) is 0.640. The molecule has 2 aliphatic rings. The number of hydrogen-bond acceptors (Lipinski definition) is 4. The second-order valence-electron chi connectivity index (χ2n) is 5.57. The van der Waals surface area contributed by atoms with Gasteiger partial charge in [0.1, 0.15) is 0 Å². The summed E-state index contributed by atoms with van der Waals surface area (Å²) in [5.74, 6) is 0.883. The summed E-state index contributed by atoms with van der Waals surface area (Å²) < 4.78 is 5.37. The number of hydrogen-bond donors (Lipinski definition) is 1. The monoisotopic (exact) mass is 255 g/mol.